The summed E-state index contributed by atoms with van der Waals surface area (Å²) in [6.45, 7) is 0. The Morgan fingerprint density at radius 1 is 0.444 bits per heavy atom. The Morgan fingerprint density at radius 2 is 0.750 bits per heavy atom. The van der Waals surface area contributed by atoms with Gasteiger partial charge >= 0.3 is 0 Å². The van der Waals surface area contributed by atoms with Crippen LogP contribution in [0.2, 0.25) is 0 Å². The molecule has 6 nitrogen and oxygen atoms in total. The number of aromatic nitrogens is 6. The number of nitrogens with zero attached hydrogens (tertiary/aromatic N) is 6. The predicted octanol–water partition coefficient (Wildman–Crippen LogP) is 3.65. The summed E-state index contributed by atoms with van der Waals surface area (Å²) < 4.78 is 5.38. The number of hydrogen-bond acceptors (Lipinski definition) is 3. The van der Waals surface area contributed by atoms with Crippen molar-refractivity contribution in [3.63, 3.8) is 0 Å². The summed E-state index contributed by atoms with van der Waals surface area (Å²) >= 11 is 0. The van der Waals surface area contributed by atoms with Gasteiger partial charge in [0.05, 0.1) is 0 Å². The van der Waals surface area contributed by atoms with Crippen LogP contribution in [0.4, 0.5) is 0 Å². The van der Waals surface area contributed by atoms with Crippen molar-refractivity contribution in [3.05, 3.63) is 146 Å². The van der Waals surface area contributed by atoms with Crippen LogP contribution in [0.3, 0.4) is 0 Å². The molecule has 6 aromatic rings. The topological polar surface area (TPSA) is 53.5 Å². The van der Waals surface area contributed by atoms with Gasteiger partial charge in [0.25, 0.3) is 7.12 Å². The van der Waals surface area contributed by atoms with Gasteiger partial charge in [0.1, 0.15) is 0 Å². The van der Waals surface area contributed by atoms with E-state index >= 15 is 0 Å². The molecule has 0 aliphatic heterocycles. The van der Waals surface area contributed by atoms with E-state index < -0.39 is 7.92 Å². The fraction of sp³-hybridized carbons (Fsp3) is 0. The van der Waals surface area contributed by atoms with Crippen molar-refractivity contribution in [3.8, 4) is 0 Å². The standard InChI is InChI=1S/C18H15P.C9H9BN6.Ir/c1-4-10-16(11-5-1)19(17-12-6-2-7-13-17)18-14-8-3-9-15-18;1-4-11-14(7-1)10(15-8-2-5-12-15)16-9-3-6-13-16;/h1-15H;1-9H;/q;-1;. The first-order valence-corrected chi connectivity index (χ1v) is 12.7. The smallest absolute Gasteiger partial charge is 0.260 e. The van der Waals surface area contributed by atoms with E-state index in [1.165, 1.54) is 15.9 Å². The van der Waals surface area contributed by atoms with E-state index in [-0.39, 0.29) is 27.2 Å². The second kappa shape index (κ2) is 12.9. The second-order valence-corrected chi connectivity index (χ2v) is 9.87. The Hall–Kier alpha value is -3.57. The molecule has 3 aromatic carbocycles. The van der Waals surface area contributed by atoms with Gasteiger partial charge in [-0.25, -0.2) is 15.3 Å². The molecule has 9 heteroatoms. The van der Waals surface area contributed by atoms with Gasteiger partial charge in [0.15, 0.2) is 0 Å². The van der Waals surface area contributed by atoms with Crippen molar-refractivity contribution in [1.82, 2.24) is 29.1 Å². The third-order valence-corrected chi connectivity index (χ3v) is 7.77. The van der Waals surface area contributed by atoms with E-state index in [0.717, 1.165) is 0 Å². The van der Waals surface area contributed by atoms with Crippen LogP contribution in [0.1, 0.15) is 0 Å². The van der Waals surface area contributed by atoms with Crippen LogP contribution >= 0.6 is 7.92 Å². The van der Waals surface area contributed by atoms with E-state index in [0.29, 0.717) is 0 Å². The number of benzene rings is 3. The molecular formula is C27H24BIrN6P-. The summed E-state index contributed by atoms with van der Waals surface area (Å²) in [4.78, 5) is 0. The van der Waals surface area contributed by atoms with E-state index in [9.17, 15) is 0 Å². The molecule has 36 heavy (non-hydrogen) atoms. The first-order chi connectivity index (χ1) is 17.4. The monoisotopic (exact) mass is 667 g/mol. The van der Waals surface area contributed by atoms with Crippen LogP contribution in [0.5, 0.6) is 0 Å². The molecule has 0 aliphatic carbocycles. The predicted molar refractivity (Wildman–Crippen MR) is 144 cm³/mol. The molecule has 180 valence electrons. The molecule has 0 saturated carbocycles. The minimum atomic E-state index is -0.446. The largest absolute Gasteiger partial charge is 0.425 e. The van der Waals surface area contributed by atoms with Gasteiger partial charge in [-0.3, -0.25) is 0 Å². The van der Waals surface area contributed by atoms with E-state index in [1.54, 1.807) is 32.4 Å². The van der Waals surface area contributed by atoms with Gasteiger partial charge in [-0.1, -0.05) is 91.0 Å². The summed E-state index contributed by atoms with van der Waals surface area (Å²) in [6.07, 6.45) is 10.9. The van der Waals surface area contributed by atoms with Gasteiger partial charge in [-0.2, -0.15) is 0 Å². The third kappa shape index (κ3) is 6.16. The molecular weight excluding hydrogens is 642 g/mol. The average molecular weight is 667 g/mol. The van der Waals surface area contributed by atoms with Crippen LogP contribution in [-0.2, 0) is 20.1 Å². The van der Waals surface area contributed by atoms with Gasteiger partial charge in [-0.15, -0.1) is 0 Å². The fourth-order valence-electron chi connectivity index (χ4n) is 3.79. The van der Waals surface area contributed by atoms with E-state index in [2.05, 4.69) is 106 Å². The van der Waals surface area contributed by atoms with Gasteiger partial charge in [0, 0.05) is 38.7 Å². The van der Waals surface area contributed by atoms with Crippen molar-refractivity contribution >= 4 is 31.0 Å². The van der Waals surface area contributed by atoms with Crippen molar-refractivity contribution in [2.24, 2.45) is 0 Å². The van der Waals surface area contributed by atoms with Crippen molar-refractivity contribution in [2.75, 3.05) is 0 Å². The summed E-state index contributed by atoms with van der Waals surface area (Å²) in [5, 5.41) is 16.9. The van der Waals surface area contributed by atoms with Crippen LogP contribution < -0.4 is 15.9 Å². The molecule has 0 aliphatic rings. The van der Waals surface area contributed by atoms with Crippen LogP contribution in [0, 0.1) is 0 Å². The Labute approximate surface area is 225 Å². The average Bonchev–Trinajstić information content (AvgIpc) is 3.72. The van der Waals surface area contributed by atoms with Gasteiger partial charge in [-0.05, 0) is 60.6 Å². The normalized spacial score (nSPS) is 10.5. The zero-order valence-electron chi connectivity index (χ0n) is 19.4. The molecule has 3 heterocycles. The molecule has 0 fully saturated rings. The zero-order valence-corrected chi connectivity index (χ0v) is 22.7. The molecule has 0 spiro atoms. The SMILES string of the molecule is [Ir].c1ccc(P(c2ccccc2)c2ccccc2)cc1.c1cnn([B-](n2cccn2)n2cccn2)c1. The van der Waals surface area contributed by atoms with Crippen LogP contribution in [-0.4, -0.2) is 36.2 Å². The van der Waals surface area contributed by atoms with Crippen molar-refractivity contribution in [1.29, 1.82) is 0 Å². The maximum absolute atomic E-state index is 4.22. The molecule has 2 radical (unpaired) electrons. The second-order valence-electron chi connectivity index (χ2n) is 7.65. The Morgan fingerprint density at radius 3 is 1.00 bits per heavy atom. The van der Waals surface area contributed by atoms with E-state index in [4.69, 9.17) is 0 Å². The first-order valence-electron chi connectivity index (χ1n) is 11.3. The number of hydrogen-bond donors (Lipinski definition) is 0. The number of rotatable bonds is 6. The van der Waals surface area contributed by atoms with Gasteiger partial charge in [0.2, 0.25) is 0 Å². The Bertz CT molecular complexity index is 1210. The maximum Gasteiger partial charge on any atom is 0.260 e. The molecule has 0 N–H and O–H groups in total. The zero-order chi connectivity index (χ0) is 23.7. The molecule has 0 unspecified atom stereocenters. The van der Waals surface area contributed by atoms with Crippen molar-refractivity contribution < 1.29 is 20.1 Å². The molecule has 0 bridgehead atoms. The molecule has 3 aromatic heterocycles. The first kappa shape index (κ1) is 25.5. The third-order valence-electron chi connectivity index (χ3n) is 5.33. The summed E-state index contributed by atoms with van der Waals surface area (Å²) in [6, 6.07) is 38.0. The maximum atomic E-state index is 4.22. The minimum Gasteiger partial charge on any atom is -0.425 e. The summed E-state index contributed by atoms with van der Waals surface area (Å²) in [7, 11) is -0.640. The van der Waals surface area contributed by atoms with Gasteiger partial charge < -0.3 is 13.8 Å². The Balaban J connectivity index is 0.000000167. The molecule has 0 saturated heterocycles. The fourth-order valence-corrected chi connectivity index (χ4v) is 6.10. The molecule has 0 amide bonds. The summed E-state index contributed by atoms with van der Waals surface area (Å²) in [5.74, 6) is 0. The van der Waals surface area contributed by atoms with Crippen LogP contribution in [0.25, 0.3) is 0 Å². The summed E-state index contributed by atoms with van der Waals surface area (Å²) in [5.41, 5.74) is 0. The molecule has 0 atom stereocenters. The quantitative estimate of drug-likeness (QED) is 0.202. The molecule has 6 rings (SSSR count). The van der Waals surface area contributed by atoms with Crippen LogP contribution in [0.15, 0.2) is 146 Å². The van der Waals surface area contributed by atoms with Crippen molar-refractivity contribution in [2.45, 2.75) is 0 Å². The Kier molecular flexibility index (Phi) is 9.18. The minimum absolute atomic E-state index is 0. The van der Waals surface area contributed by atoms with E-state index in [1.807, 2.05) is 36.8 Å².